The second-order valence-corrected chi connectivity index (χ2v) is 12.6. The van der Waals surface area contributed by atoms with Crippen LogP contribution in [0.4, 0.5) is 16.2 Å². The first-order valence-electron chi connectivity index (χ1n) is 16.3. The molecule has 0 unspecified atom stereocenters. The van der Waals surface area contributed by atoms with Crippen LogP contribution in [0, 0.1) is 12.3 Å². The molecule has 1 fully saturated rings. The summed E-state index contributed by atoms with van der Waals surface area (Å²) in [5.41, 5.74) is 6.22. The Balaban J connectivity index is 1.35. The van der Waals surface area contributed by atoms with Crippen molar-refractivity contribution in [2.75, 3.05) is 36.1 Å². The number of hydrogen-bond acceptors (Lipinski definition) is 6. The third-order valence-electron chi connectivity index (χ3n) is 9.30. The number of benzene rings is 4. The lowest BCUT2D eigenvalue weighted by molar-refractivity contribution is -0.122. The summed E-state index contributed by atoms with van der Waals surface area (Å²) in [6.07, 6.45) is 8.55. The van der Waals surface area contributed by atoms with Gasteiger partial charge in [0.25, 0.3) is 11.8 Å². The molecule has 1 saturated heterocycles. The summed E-state index contributed by atoms with van der Waals surface area (Å²) in [4.78, 5) is 44.5. The second-order valence-electron chi connectivity index (χ2n) is 12.2. The van der Waals surface area contributed by atoms with Gasteiger partial charge in [0.2, 0.25) is 0 Å². The Bertz CT molecular complexity index is 1950. The van der Waals surface area contributed by atoms with E-state index in [0.717, 1.165) is 47.6 Å². The minimum Gasteiger partial charge on any atom is -0.490 e. The zero-order valence-corrected chi connectivity index (χ0v) is 27.7. The fourth-order valence-electron chi connectivity index (χ4n) is 7.22. The molecule has 4 aromatic rings. The van der Waals surface area contributed by atoms with Gasteiger partial charge in [0.15, 0.2) is 11.5 Å². The molecule has 0 spiro atoms. The minimum atomic E-state index is -0.804. The van der Waals surface area contributed by atoms with Gasteiger partial charge in [-0.25, -0.2) is 9.69 Å². The van der Waals surface area contributed by atoms with Crippen molar-refractivity contribution in [1.82, 2.24) is 5.32 Å². The number of anilines is 2. The molecule has 4 amide bonds. The summed E-state index contributed by atoms with van der Waals surface area (Å²) < 4.78 is 11.3. The molecule has 0 radical (unpaired) electrons. The minimum absolute atomic E-state index is 0.0189. The number of amides is 4. The summed E-state index contributed by atoms with van der Waals surface area (Å²) >= 11 is 6.53. The van der Waals surface area contributed by atoms with Crippen LogP contribution in [-0.4, -0.2) is 44.1 Å². The third kappa shape index (κ3) is 6.03. The molecule has 0 aliphatic carbocycles. The van der Waals surface area contributed by atoms with E-state index in [0.29, 0.717) is 23.6 Å². The Morgan fingerprint density at radius 1 is 0.898 bits per heavy atom. The van der Waals surface area contributed by atoms with Crippen molar-refractivity contribution >= 4 is 46.9 Å². The van der Waals surface area contributed by atoms with E-state index >= 15 is 0 Å². The highest BCUT2D eigenvalue weighted by Gasteiger charge is 2.40. The highest BCUT2D eigenvalue weighted by Crippen LogP contribution is 2.50. The number of imide groups is 2. The molecule has 8 nitrogen and oxygen atoms in total. The van der Waals surface area contributed by atoms with Gasteiger partial charge >= 0.3 is 6.03 Å². The molecule has 3 aliphatic heterocycles. The van der Waals surface area contributed by atoms with Gasteiger partial charge in [-0.1, -0.05) is 78.2 Å². The summed E-state index contributed by atoms with van der Waals surface area (Å²) in [6.45, 7) is 3.92. The molecule has 3 aliphatic rings. The number of terminal acetylenes is 1. The normalized spacial score (nSPS) is 19.3. The van der Waals surface area contributed by atoms with Crippen LogP contribution in [0.15, 0.2) is 90.5 Å². The van der Waals surface area contributed by atoms with Crippen molar-refractivity contribution in [3.8, 4) is 23.8 Å². The number of barbiturate groups is 1. The lowest BCUT2D eigenvalue weighted by Crippen LogP contribution is -2.54. The van der Waals surface area contributed by atoms with Crippen LogP contribution in [0.5, 0.6) is 11.5 Å². The van der Waals surface area contributed by atoms with Gasteiger partial charge in [-0.2, -0.15) is 0 Å². The van der Waals surface area contributed by atoms with Crippen LogP contribution in [0.1, 0.15) is 59.4 Å². The number of ether oxygens (including phenoxy) is 2. The fraction of sp³-hybridized carbons (Fsp3) is 0.225. The monoisotopic (exact) mass is 671 g/mol. The lowest BCUT2D eigenvalue weighted by Gasteiger charge is -2.44. The molecule has 1 N–H and O–H groups in total. The number of carbonyl (C=O) groups excluding carboxylic acids is 3. The van der Waals surface area contributed by atoms with E-state index < -0.39 is 17.8 Å². The maximum absolute atomic E-state index is 14.3. The summed E-state index contributed by atoms with van der Waals surface area (Å²) in [6, 6.07) is 26.9. The summed E-state index contributed by atoms with van der Waals surface area (Å²) in [7, 11) is 0. The van der Waals surface area contributed by atoms with E-state index in [1.807, 2.05) is 48.5 Å². The standard InChI is InChI=1S/C40H34ClN3O5/c1-3-19-49-37-34(41)21-25(22-35(37)48-4-2)20-33-38(45)42-40(47)44(39(33)46)28-23-31-29(26-11-7-5-8-12-26)15-17-43-18-16-30(32(24-28)36(31)43)27-13-9-6-10-14-27/h1,5-14,20-24,29-30H,4,15-19H2,2H3,(H,42,45,47)/b33-20+/t29-,30+. The first kappa shape index (κ1) is 32.0. The number of rotatable bonds is 8. The molecular formula is C40H34ClN3O5. The van der Waals surface area contributed by atoms with E-state index in [9.17, 15) is 14.4 Å². The van der Waals surface area contributed by atoms with Gasteiger partial charge < -0.3 is 14.4 Å². The van der Waals surface area contributed by atoms with Crippen LogP contribution < -0.4 is 24.6 Å². The van der Waals surface area contributed by atoms with Crippen molar-refractivity contribution < 1.29 is 23.9 Å². The average molecular weight is 672 g/mol. The van der Waals surface area contributed by atoms with Crippen LogP contribution >= 0.6 is 11.6 Å². The first-order chi connectivity index (χ1) is 23.9. The molecule has 3 heterocycles. The van der Waals surface area contributed by atoms with E-state index in [1.165, 1.54) is 17.2 Å². The SMILES string of the molecule is C#CCOc1c(Cl)cc(/C=C2\C(=O)NC(=O)N(c3cc4c5c(c3)[C@H](c3ccccc3)CCN5CC[C@@H]4c3ccccc3)C2=O)cc1OCC. The predicted molar refractivity (Wildman–Crippen MR) is 190 cm³/mol. The third-order valence-corrected chi connectivity index (χ3v) is 9.58. The molecule has 7 rings (SSSR count). The zero-order chi connectivity index (χ0) is 34.1. The van der Waals surface area contributed by atoms with Crippen molar-refractivity contribution in [2.24, 2.45) is 0 Å². The Labute approximate surface area is 290 Å². The number of nitrogens with one attached hydrogen (secondary N) is 1. The van der Waals surface area contributed by atoms with Crippen LogP contribution in [0.2, 0.25) is 5.02 Å². The van der Waals surface area contributed by atoms with E-state index in [-0.39, 0.29) is 34.8 Å². The maximum atomic E-state index is 14.3. The number of urea groups is 1. The molecule has 246 valence electrons. The van der Waals surface area contributed by atoms with Crippen molar-refractivity contribution in [3.05, 3.63) is 123 Å². The number of halogens is 1. The molecule has 49 heavy (non-hydrogen) atoms. The van der Waals surface area contributed by atoms with Gasteiger partial charge in [0.1, 0.15) is 12.2 Å². The fourth-order valence-corrected chi connectivity index (χ4v) is 7.49. The van der Waals surface area contributed by atoms with Crippen molar-refractivity contribution in [1.29, 1.82) is 0 Å². The number of nitrogens with zero attached hydrogens (tertiary/aromatic N) is 2. The molecule has 0 saturated carbocycles. The Kier molecular flexibility index (Phi) is 8.85. The second kappa shape index (κ2) is 13.5. The van der Waals surface area contributed by atoms with Gasteiger partial charge in [-0.3, -0.25) is 14.9 Å². The molecule has 9 heteroatoms. The predicted octanol–water partition coefficient (Wildman–Crippen LogP) is 7.29. The van der Waals surface area contributed by atoms with Crippen LogP contribution in [0.25, 0.3) is 6.08 Å². The van der Waals surface area contributed by atoms with E-state index in [1.54, 1.807) is 19.1 Å². The van der Waals surface area contributed by atoms with Gasteiger partial charge in [-0.15, -0.1) is 6.42 Å². The topological polar surface area (TPSA) is 88.2 Å². The summed E-state index contributed by atoms with van der Waals surface area (Å²) in [5, 5.41) is 2.58. The average Bonchev–Trinajstić information content (AvgIpc) is 3.11. The first-order valence-corrected chi connectivity index (χ1v) is 16.7. The van der Waals surface area contributed by atoms with Crippen LogP contribution in [0.3, 0.4) is 0 Å². The Morgan fingerprint density at radius 2 is 1.51 bits per heavy atom. The highest BCUT2D eigenvalue weighted by atomic mass is 35.5. The van der Waals surface area contributed by atoms with Gasteiger partial charge in [-0.05, 0) is 77.9 Å². The van der Waals surface area contributed by atoms with Crippen LogP contribution in [-0.2, 0) is 9.59 Å². The highest BCUT2D eigenvalue weighted by molar-refractivity contribution is 6.39. The largest absolute Gasteiger partial charge is 0.490 e. The Hall–Kier alpha value is -5.52. The van der Waals surface area contributed by atoms with Gasteiger partial charge in [0, 0.05) is 30.6 Å². The van der Waals surface area contributed by atoms with Crippen molar-refractivity contribution in [3.63, 3.8) is 0 Å². The van der Waals surface area contributed by atoms with E-state index in [4.69, 9.17) is 27.5 Å². The molecule has 4 aromatic carbocycles. The van der Waals surface area contributed by atoms with Crippen molar-refractivity contribution in [2.45, 2.75) is 31.6 Å². The van der Waals surface area contributed by atoms with Gasteiger partial charge in [0.05, 0.1) is 17.3 Å². The van der Waals surface area contributed by atoms with E-state index in [2.05, 4.69) is 40.4 Å². The quantitative estimate of drug-likeness (QED) is 0.120. The zero-order valence-electron chi connectivity index (χ0n) is 26.9. The summed E-state index contributed by atoms with van der Waals surface area (Å²) in [5.74, 6) is 1.56. The molecule has 0 bridgehead atoms. The number of carbonyl (C=O) groups is 3. The maximum Gasteiger partial charge on any atom is 0.335 e. The number of hydrogen-bond donors (Lipinski definition) is 1. The smallest absolute Gasteiger partial charge is 0.335 e. The molecular weight excluding hydrogens is 638 g/mol. The Morgan fingerprint density at radius 3 is 2.08 bits per heavy atom. The molecule has 2 atom stereocenters. The lowest BCUT2D eigenvalue weighted by atomic mass is 9.76. The molecule has 0 aromatic heterocycles.